The molecule has 0 fully saturated rings. The van der Waals surface area contributed by atoms with Crippen molar-refractivity contribution in [2.24, 2.45) is 5.16 Å². The Morgan fingerprint density at radius 3 is 2.65 bits per heavy atom. The molecule has 23 heavy (non-hydrogen) atoms. The third kappa shape index (κ3) is 10.5. The average molecular weight is 323 g/mol. The molecule has 0 aliphatic rings. The number of carboxylic acid groups (broad SMARTS) is 1. The van der Waals surface area contributed by atoms with Gasteiger partial charge in [0.2, 0.25) is 0 Å². The number of carbonyl (C=O) groups is 1. The molecule has 1 aromatic rings. The Bertz CT molecular complexity index is 444. The Balaban J connectivity index is 2.30. The number of rotatable bonds is 14. The molecular weight excluding hydrogens is 294 g/mol. The number of aliphatic carboxylic acids is 1. The third-order valence-corrected chi connectivity index (χ3v) is 3.56. The van der Waals surface area contributed by atoms with Gasteiger partial charge in [-0.2, -0.15) is 0 Å². The molecule has 130 valence electrons. The van der Waals surface area contributed by atoms with Crippen molar-refractivity contribution in [3.8, 4) is 0 Å². The van der Waals surface area contributed by atoms with Crippen LogP contribution in [0.3, 0.4) is 0 Å². The van der Waals surface area contributed by atoms with E-state index < -0.39 is 5.97 Å². The van der Waals surface area contributed by atoms with Gasteiger partial charge in [0.15, 0.2) is 0 Å². The number of carboxylic acids is 1. The van der Waals surface area contributed by atoms with Crippen molar-refractivity contribution in [3.63, 3.8) is 0 Å². The van der Waals surface area contributed by atoms with E-state index in [1.807, 2.05) is 10.8 Å². The molecule has 0 unspecified atom stereocenters. The Labute approximate surface area is 138 Å². The van der Waals surface area contributed by atoms with E-state index in [2.05, 4.69) is 17.1 Å². The van der Waals surface area contributed by atoms with Gasteiger partial charge in [-0.15, -0.1) is 0 Å². The molecule has 1 rings (SSSR count). The minimum atomic E-state index is -0.763. The van der Waals surface area contributed by atoms with Gasteiger partial charge in [0.05, 0.1) is 18.6 Å². The van der Waals surface area contributed by atoms with Gasteiger partial charge < -0.3 is 14.5 Å². The van der Waals surface area contributed by atoms with E-state index in [4.69, 9.17) is 9.94 Å². The standard InChI is InChI=1S/C17H29N3O3/c1-2-3-4-5-6-9-16(14-20-12-11-18-15-20)19-23-13-8-7-10-17(21)22/h11-12,15H,2-10,13-14H2,1H3,(H,21,22). The van der Waals surface area contributed by atoms with Crippen molar-refractivity contribution in [1.29, 1.82) is 0 Å². The van der Waals surface area contributed by atoms with Gasteiger partial charge >= 0.3 is 5.97 Å². The SMILES string of the molecule is CCCCCCCC(Cn1ccnc1)=NOCCCCC(=O)O. The molecule has 0 bridgehead atoms. The molecule has 0 aliphatic heterocycles. The first kappa shape index (κ1) is 19.2. The third-order valence-electron chi connectivity index (χ3n) is 3.56. The van der Waals surface area contributed by atoms with Crippen molar-refractivity contribution in [3.05, 3.63) is 18.7 Å². The van der Waals surface area contributed by atoms with Gasteiger partial charge in [-0.05, 0) is 25.7 Å². The van der Waals surface area contributed by atoms with Crippen LogP contribution in [0, 0.1) is 0 Å². The van der Waals surface area contributed by atoms with Gasteiger partial charge in [0, 0.05) is 18.8 Å². The highest BCUT2D eigenvalue weighted by Crippen LogP contribution is 2.08. The van der Waals surface area contributed by atoms with Crippen LogP contribution in [0.5, 0.6) is 0 Å². The summed E-state index contributed by atoms with van der Waals surface area (Å²) in [7, 11) is 0. The summed E-state index contributed by atoms with van der Waals surface area (Å²) in [6, 6.07) is 0. The van der Waals surface area contributed by atoms with Crippen LogP contribution >= 0.6 is 0 Å². The van der Waals surface area contributed by atoms with Gasteiger partial charge in [-0.25, -0.2) is 4.98 Å². The molecule has 1 aromatic heterocycles. The molecule has 0 aliphatic carbocycles. The fourth-order valence-electron chi connectivity index (χ4n) is 2.26. The maximum Gasteiger partial charge on any atom is 0.303 e. The zero-order valence-electron chi connectivity index (χ0n) is 14.1. The predicted octanol–water partition coefficient (Wildman–Crippen LogP) is 3.87. The Hall–Kier alpha value is -1.85. The molecule has 0 saturated heterocycles. The van der Waals surface area contributed by atoms with E-state index in [1.54, 1.807) is 12.5 Å². The van der Waals surface area contributed by atoms with Gasteiger partial charge in [-0.1, -0.05) is 37.8 Å². The highest BCUT2D eigenvalue weighted by molar-refractivity contribution is 5.83. The second-order valence-electron chi connectivity index (χ2n) is 5.74. The summed E-state index contributed by atoms with van der Waals surface area (Å²) in [5.74, 6) is -0.763. The maximum atomic E-state index is 10.4. The molecule has 0 radical (unpaired) electrons. The molecule has 0 spiro atoms. The van der Waals surface area contributed by atoms with E-state index in [-0.39, 0.29) is 6.42 Å². The first-order valence-electron chi connectivity index (χ1n) is 8.57. The number of unbranched alkanes of at least 4 members (excludes halogenated alkanes) is 5. The molecule has 1 N–H and O–H groups in total. The molecule has 0 aromatic carbocycles. The lowest BCUT2D eigenvalue weighted by molar-refractivity contribution is -0.137. The maximum absolute atomic E-state index is 10.4. The molecule has 0 amide bonds. The van der Waals surface area contributed by atoms with Crippen LogP contribution in [-0.2, 0) is 16.2 Å². The minimum absolute atomic E-state index is 0.187. The Morgan fingerprint density at radius 2 is 1.96 bits per heavy atom. The summed E-state index contributed by atoms with van der Waals surface area (Å²) in [6.45, 7) is 3.38. The smallest absolute Gasteiger partial charge is 0.303 e. The zero-order valence-corrected chi connectivity index (χ0v) is 14.1. The highest BCUT2D eigenvalue weighted by atomic mass is 16.6. The lowest BCUT2D eigenvalue weighted by atomic mass is 10.1. The summed E-state index contributed by atoms with van der Waals surface area (Å²) in [5, 5.41) is 12.8. The van der Waals surface area contributed by atoms with Crippen molar-refractivity contribution < 1.29 is 14.7 Å². The van der Waals surface area contributed by atoms with Crippen LogP contribution in [0.25, 0.3) is 0 Å². The number of nitrogens with zero attached hydrogens (tertiary/aromatic N) is 3. The van der Waals surface area contributed by atoms with Crippen molar-refractivity contribution >= 4 is 11.7 Å². The molecule has 0 atom stereocenters. The second-order valence-corrected chi connectivity index (χ2v) is 5.74. The highest BCUT2D eigenvalue weighted by Gasteiger charge is 2.03. The number of hydrogen-bond donors (Lipinski definition) is 1. The molecule has 1 heterocycles. The van der Waals surface area contributed by atoms with Crippen LogP contribution in [-0.4, -0.2) is 32.9 Å². The van der Waals surface area contributed by atoms with E-state index >= 15 is 0 Å². The number of imidazole rings is 1. The van der Waals surface area contributed by atoms with E-state index in [0.29, 0.717) is 26.0 Å². The van der Waals surface area contributed by atoms with Crippen molar-refractivity contribution in [2.45, 2.75) is 71.3 Å². The number of oxime groups is 1. The van der Waals surface area contributed by atoms with Crippen LogP contribution in [0.4, 0.5) is 0 Å². The van der Waals surface area contributed by atoms with Crippen LogP contribution in [0.1, 0.15) is 64.7 Å². The predicted molar refractivity (Wildman–Crippen MR) is 90.5 cm³/mol. The van der Waals surface area contributed by atoms with E-state index in [1.165, 1.54) is 25.7 Å². The number of aromatic nitrogens is 2. The Kier molecular flexibility index (Phi) is 10.6. The topological polar surface area (TPSA) is 76.7 Å². The van der Waals surface area contributed by atoms with Crippen LogP contribution in [0.2, 0.25) is 0 Å². The fraction of sp³-hybridized carbons (Fsp3) is 0.706. The zero-order chi connectivity index (χ0) is 16.8. The lowest BCUT2D eigenvalue weighted by Gasteiger charge is -2.08. The molecule has 6 nitrogen and oxygen atoms in total. The van der Waals surface area contributed by atoms with Crippen LogP contribution in [0.15, 0.2) is 23.9 Å². The van der Waals surface area contributed by atoms with Gasteiger partial charge in [0.1, 0.15) is 6.61 Å². The monoisotopic (exact) mass is 323 g/mol. The number of hydrogen-bond acceptors (Lipinski definition) is 4. The van der Waals surface area contributed by atoms with Crippen molar-refractivity contribution in [1.82, 2.24) is 9.55 Å². The van der Waals surface area contributed by atoms with Gasteiger partial charge in [-0.3, -0.25) is 4.79 Å². The molecule has 0 saturated carbocycles. The summed E-state index contributed by atoms with van der Waals surface area (Å²) < 4.78 is 1.98. The fourth-order valence-corrected chi connectivity index (χ4v) is 2.26. The first-order valence-corrected chi connectivity index (χ1v) is 8.57. The quantitative estimate of drug-likeness (QED) is 0.320. The van der Waals surface area contributed by atoms with Crippen molar-refractivity contribution in [2.75, 3.05) is 6.61 Å². The van der Waals surface area contributed by atoms with Crippen LogP contribution < -0.4 is 0 Å². The largest absolute Gasteiger partial charge is 0.481 e. The normalized spacial score (nSPS) is 11.6. The van der Waals surface area contributed by atoms with Gasteiger partial charge in [0.25, 0.3) is 0 Å². The summed E-state index contributed by atoms with van der Waals surface area (Å²) in [6.07, 6.45) is 14.0. The van der Waals surface area contributed by atoms with E-state index in [9.17, 15) is 4.79 Å². The summed E-state index contributed by atoms with van der Waals surface area (Å²) >= 11 is 0. The summed E-state index contributed by atoms with van der Waals surface area (Å²) in [5.41, 5.74) is 1.01. The average Bonchev–Trinajstić information content (AvgIpc) is 3.02. The molecular formula is C17H29N3O3. The molecule has 6 heteroatoms. The Morgan fingerprint density at radius 1 is 1.17 bits per heavy atom. The second kappa shape index (κ2) is 12.7. The lowest BCUT2D eigenvalue weighted by Crippen LogP contribution is -2.10. The minimum Gasteiger partial charge on any atom is -0.481 e. The first-order chi connectivity index (χ1) is 11.2. The van der Waals surface area contributed by atoms with E-state index in [0.717, 1.165) is 18.6 Å². The summed E-state index contributed by atoms with van der Waals surface area (Å²) in [4.78, 5) is 19.8.